The van der Waals surface area contributed by atoms with Crippen molar-refractivity contribution in [3.05, 3.63) is 64.4 Å². The van der Waals surface area contributed by atoms with Crippen LogP contribution in [0.5, 0.6) is 0 Å². The smallest absolute Gasteiger partial charge is 0.321 e. The third kappa shape index (κ3) is 4.74. The predicted molar refractivity (Wildman–Crippen MR) is 103 cm³/mol. The lowest BCUT2D eigenvalue weighted by Gasteiger charge is -2.34. The van der Waals surface area contributed by atoms with Crippen molar-refractivity contribution in [1.29, 1.82) is 0 Å². The number of amides is 2. The third-order valence-corrected chi connectivity index (χ3v) is 4.98. The molecule has 0 atom stereocenters. The molecule has 138 valence electrons. The summed E-state index contributed by atoms with van der Waals surface area (Å²) in [5.74, 6) is -0.149. The lowest BCUT2D eigenvalue weighted by molar-refractivity contribution is 0.148. The van der Waals surface area contributed by atoms with Crippen molar-refractivity contribution in [3.8, 4) is 0 Å². The summed E-state index contributed by atoms with van der Waals surface area (Å²) in [5, 5.41) is 3.60. The van der Waals surface area contributed by atoms with Gasteiger partial charge in [-0.15, -0.1) is 0 Å². The van der Waals surface area contributed by atoms with E-state index in [0.717, 1.165) is 36.4 Å². The van der Waals surface area contributed by atoms with Crippen LogP contribution in [0.15, 0.2) is 42.5 Å². The van der Waals surface area contributed by atoms with Gasteiger partial charge in [-0.05, 0) is 48.7 Å². The number of nitrogens with one attached hydrogen (secondary N) is 1. The quantitative estimate of drug-likeness (QED) is 0.870. The maximum atomic E-state index is 13.7. The van der Waals surface area contributed by atoms with E-state index in [9.17, 15) is 9.18 Å². The zero-order valence-corrected chi connectivity index (χ0v) is 15.6. The van der Waals surface area contributed by atoms with Gasteiger partial charge in [0.15, 0.2) is 0 Å². The second-order valence-electron chi connectivity index (χ2n) is 6.56. The standard InChI is InChI=1S/C20H23ClFN3O/c1-15-14-17(21)6-7-19(15)23-20(26)25-12-10-24(11-13-25)9-8-16-4-2-3-5-18(16)22/h2-7,14H,8-13H2,1H3,(H,23,26). The van der Waals surface area contributed by atoms with Gasteiger partial charge in [0, 0.05) is 43.4 Å². The van der Waals surface area contributed by atoms with Crippen molar-refractivity contribution in [1.82, 2.24) is 9.80 Å². The molecule has 0 aliphatic carbocycles. The maximum absolute atomic E-state index is 13.7. The SMILES string of the molecule is Cc1cc(Cl)ccc1NC(=O)N1CCN(CCc2ccccc2F)CC1. The third-order valence-electron chi connectivity index (χ3n) is 4.74. The molecule has 0 aromatic heterocycles. The number of urea groups is 1. The van der Waals surface area contributed by atoms with Crippen LogP contribution in [0.3, 0.4) is 0 Å². The summed E-state index contributed by atoms with van der Waals surface area (Å²) in [4.78, 5) is 16.5. The van der Waals surface area contributed by atoms with Gasteiger partial charge in [0.1, 0.15) is 5.82 Å². The molecule has 0 unspecified atom stereocenters. The lowest BCUT2D eigenvalue weighted by atomic mass is 10.1. The normalized spacial score (nSPS) is 15.1. The van der Waals surface area contributed by atoms with Crippen LogP contribution in [-0.2, 0) is 6.42 Å². The first kappa shape index (κ1) is 18.7. The number of carbonyl (C=O) groups excluding carboxylic acids is 1. The summed E-state index contributed by atoms with van der Waals surface area (Å²) < 4.78 is 13.7. The summed E-state index contributed by atoms with van der Waals surface area (Å²) >= 11 is 5.95. The van der Waals surface area contributed by atoms with E-state index in [1.165, 1.54) is 6.07 Å². The van der Waals surface area contributed by atoms with Crippen molar-refractivity contribution in [2.75, 3.05) is 38.0 Å². The first-order valence-electron chi connectivity index (χ1n) is 8.81. The van der Waals surface area contributed by atoms with Crippen molar-refractivity contribution < 1.29 is 9.18 Å². The number of rotatable bonds is 4. The molecule has 1 heterocycles. The minimum absolute atomic E-state index is 0.0934. The number of hydrogen-bond donors (Lipinski definition) is 1. The molecule has 1 fully saturated rings. The van der Waals surface area contributed by atoms with Crippen LogP contribution in [0.4, 0.5) is 14.9 Å². The molecule has 1 aliphatic heterocycles. The molecule has 1 aliphatic rings. The summed E-state index contributed by atoms with van der Waals surface area (Å²) in [6.07, 6.45) is 0.683. The van der Waals surface area contributed by atoms with Gasteiger partial charge in [-0.3, -0.25) is 4.90 Å². The summed E-state index contributed by atoms with van der Waals surface area (Å²) in [6, 6.07) is 12.2. The number of benzene rings is 2. The Kier molecular flexibility index (Phi) is 6.12. The minimum atomic E-state index is -0.149. The molecule has 0 radical (unpaired) electrons. The Bertz CT molecular complexity index is 775. The molecule has 2 amide bonds. The van der Waals surface area contributed by atoms with Crippen molar-refractivity contribution in [2.24, 2.45) is 0 Å². The highest BCUT2D eigenvalue weighted by Gasteiger charge is 2.21. The van der Waals surface area contributed by atoms with E-state index in [0.29, 0.717) is 24.5 Å². The molecule has 0 saturated carbocycles. The van der Waals surface area contributed by atoms with Crippen LogP contribution in [0.2, 0.25) is 5.02 Å². The summed E-state index contributed by atoms with van der Waals surface area (Å²) in [6.45, 7) is 5.63. The number of carbonyl (C=O) groups is 1. The number of halogens is 2. The van der Waals surface area contributed by atoms with Gasteiger partial charge in [0.2, 0.25) is 0 Å². The van der Waals surface area contributed by atoms with E-state index in [1.54, 1.807) is 12.1 Å². The van der Waals surface area contributed by atoms with Crippen LogP contribution in [0.25, 0.3) is 0 Å². The fraction of sp³-hybridized carbons (Fsp3) is 0.350. The number of anilines is 1. The topological polar surface area (TPSA) is 35.6 Å². The van der Waals surface area contributed by atoms with E-state index >= 15 is 0 Å². The van der Waals surface area contributed by atoms with Crippen LogP contribution >= 0.6 is 11.6 Å². The second kappa shape index (κ2) is 8.52. The summed E-state index contributed by atoms with van der Waals surface area (Å²) in [5.41, 5.74) is 2.46. The fourth-order valence-electron chi connectivity index (χ4n) is 3.12. The second-order valence-corrected chi connectivity index (χ2v) is 7.00. The molecular weight excluding hydrogens is 353 g/mol. The van der Waals surface area contributed by atoms with Gasteiger partial charge < -0.3 is 10.2 Å². The molecular formula is C20H23ClFN3O. The number of piperazine rings is 1. The monoisotopic (exact) mass is 375 g/mol. The lowest BCUT2D eigenvalue weighted by Crippen LogP contribution is -2.50. The van der Waals surface area contributed by atoms with Gasteiger partial charge in [0.25, 0.3) is 0 Å². The fourth-order valence-corrected chi connectivity index (χ4v) is 3.34. The van der Waals surface area contributed by atoms with E-state index in [1.807, 2.05) is 36.1 Å². The van der Waals surface area contributed by atoms with Crippen LogP contribution < -0.4 is 5.32 Å². The molecule has 3 rings (SSSR count). The molecule has 4 nitrogen and oxygen atoms in total. The zero-order valence-electron chi connectivity index (χ0n) is 14.8. The number of nitrogens with zero attached hydrogens (tertiary/aromatic N) is 2. The molecule has 2 aromatic rings. The molecule has 1 saturated heterocycles. The van der Waals surface area contributed by atoms with Gasteiger partial charge >= 0.3 is 6.03 Å². The van der Waals surface area contributed by atoms with Gasteiger partial charge in [-0.25, -0.2) is 9.18 Å². The predicted octanol–water partition coefficient (Wildman–Crippen LogP) is 4.18. The van der Waals surface area contributed by atoms with E-state index < -0.39 is 0 Å². The van der Waals surface area contributed by atoms with Gasteiger partial charge in [-0.1, -0.05) is 29.8 Å². The van der Waals surface area contributed by atoms with E-state index in [2.05, 4.69) is 10.2 Å². The van der Waals surface area contributed by atoms with Gasteiger partial charge in [0.05, 0.1) is 0 Å². The molecule has 1 N–H and O–H groups in total. The average molecular weight is 376 g/mol. The molecule has 0 spiro atoms. The van der Waals surface area contributed by atoms with Crippen LogP contribution in [0, 0.1) is 12.7 Å². The zero-order chi connectivity index (χ0) is 18.5. The molecule has 26 heavy (non-hydrogen) atoms. The highest BCUT2D eigenvalue weighted by molar-refractivity contribution is 6.30. The summed E-state index contributed by atoms with van der Waals surface area (Å²) in [7, 11) is 0. The Morgan fingerprint density at radius 2 is 1.88 bits per heavy atom. The minimum Gasteiger partial charge on any atom is -0.322 e. The Balaban J connectivity index is 1.47. The first-order valence-corrected chi connectivity index (χ1v) is 9.18. The Morgan fingerprint density at radius 1 is 1.15 bits per heavy atom. The van der Waals surface area contributed by atoms with Crippen molar-refractivity contribution in [3.63, 3.8) is 0 Å². The first-order chi connectivity index (χ1) is 12.5. The Hall–Kier alpha value is -2.11. The van der Waals surface area contributed by atoms with E-state index in [-0.39, 0.29) is 11.8 Å². The van der Waals surface area contributed by atoms with Crippen molar-refractivity contribution >= 4 is 23.3 Å². The highest BCUT2D eigenvalue weighted by atomic mass is 35.5. The molecule has 0 bridgehead atoms. The van der Waals surface area contributed by atoms with Crippen LogP contribution in [0.1, 0.15) is 11.1 Å². The maximum Gasteiger partial charge on any atom is 0.321 e. The van der Waals surface area contributed by atoms with Crippen molar-refractivity contribution in [2.45, 2.75) is 13.3 Å². The molecule has 6 heteroatoms. The van der Waals surface area contributed by atoms with Gasteiger partial charge in [-0.2, -0.15) is 0 Å². The van der Waals surface area contributed by atoms with Crippen LogP contribution in [-0.4, -0.2) is 48.6 Å². The molecule has 2 aromatic carbocycles. The largest absolute Gasteiger partial charge is 0.322 e. The van der Waals surface area contributed by atoms with E-state index in [4.69, 9.17) is 11.6 Å². The number of aryl methyl sites for hydroxylation is 1. The Morgan fingerprint density at radius 3 is 2.58 bits per heavy atom. The highest BCUT2D eigenvalue weighted by Crippen LogP contribution is 2.20. The average Bonchev–Trinajstić information content (AvgIpc) is 2.64. The Labute approximate surface area is 158 Å². The number of hydrogen-bond acceptors (Lipinski definition) is 2.